The predicted molar refractivity (Wildman–Crippen MR) is 74.1 cm³/mol. The van der Waals surface area contributed by atoms with E-state index in [2.05, 4.69) is 0 Å². The second-order valence-corrected chi connectivity index (χ2v) is 4.31. The molecule has 0 fully saturated rings. The summed E-state index contributed by atoms with van der Waals surface area (Å²) in [6.07, 6.45) is 0. The van der Waals surface area contributed by atoms with Gasteiger partial charge >= 0.3 is 0 Å². The van der Waals surface area contributed by atoms with Crippen molar-refractivity contribution in [2.24, 2.45) is 5.73 Å². The van der Waals surface area contributed by atoms with Gasteiger partial charge in [-0.05, 0) is 29.8 Å². The lowest BCUT2D eigenvalue weighted by molar-refractivity contribution is 0.278. The van der Waals surface area contributed by atoms with E-state index in [-0.39, 0.29) is 19.0 Å². The minimum Gasteiger partial charge on any atom is -0.489 e. The van der Waals surface area contributed by atoms with Crippen LogP contribution in [0, 0.1) is 11.2 Å². The monoisotopic (exact) mass is 274 g/mol. The lowest BCUT2D eigenvalue weighted by atomic mass is 10.1. The van der Waals surface area contributed by atoms with Crippen LogP contribution in [0.4, 0.5) is 4.39 Å². The molecule has 2 aromatic rings. The number of nitrogen functional groups attached to an aromatic ring is 1. The zero-order chi connectivity index (χ0) is 14.5. The summed E-state index contributed by atoms with van der Waals surface area (Å²) in [7, 11) is 0. The molecule has 0 aliphatic carbocycles. The Balaban J connectivity index is 2.16. The Hall–Kier alpha value is -2.40. The summed E-state index contributed by atoms with van der Waals surface area (Å²) < 4.78 is 18.7. The largest absolute Gasteiger partial charge is 0.489 e. The summed E-state index contributed by atoms with van der Waals surface area (Å²) in [5.74, 6) is -0.0520. The van der Waals surface area contributed by atoms with Crippen molar-refractivity contribution in [3.63, 3.8) is 0 Å². The molecule has 4 N–H and O–H groups in total. The van der Waals surface area contributed by atoms with E-state index < -0.39 is 5.82 Å². The Morgan fingerprint density at radius 1 is 1.25 bits per heavy atom. The zero-order valence-corrected chi connectivity index (χ0v) is 10.8. The van der Waals surface area contributed by atoms with Gasteiger partial charge in [0.15, 0.2) is 0 Å². The number of ether oxygens (including phenoxy) is 1. The first-order valence-corrected chi connectivity index (χ1v) is 6.05. The summed E-state index contributed by atoms with van der Waals surface area (Å²) >= 11 is 0. The minimum atomic E-state index is -0.443. The maximum Gasteiger partial charge on any atom is 0.123 e. The highest BCUT2D eigenvalue weighted by molar-refractivity contribution is 5.96. The van der Waals surface area contributed by atoms with Crippen LogP contribution in [-0.4, -0.2) is 10.9 Å². The Morgan fingerprint density at radius 3 is 2.75 bits per heavy atom. The van der Waals surface area contributed by atoms with Crippen molar-refractivity contribution >= 4 is 5.84 Å². The summed E-state index contributed by atoms with van der Waals surface area (Å²) in [6.45, 7) is 0.108. The van der Waals surface area contributed by atoms with Gasteiger partial charge in [0.2, 0.25) is 0 Å². The fourth-order valence-corrected chi connectivity index (χ4v) is 1.82. The molecule has 0 spiro atoms. The van der Waals surface area contributed by atoms with Crippen molar-refractivity contribution in [1.82, 2.24) is 0 Å². The third-order valence-electron chi connectivity index (χ3n) is 2.84. The van der Waals surface area contributed by atoms with Crippen molar-refractivity contribution in [3.05, 3.63) is 65.0 Å². The number of amidine groups is 1. The SMILES string of the molecule is N=C(N)c1cc(F)ccc1COc1cccc(CO)c1. The average Bonchev–Trinajstić information content (AvgIpc) is 2.46. The molecule has 2 aromatic carbocycles. The molecule has 0 amide bonds. The molecule has 0 saturated heterocycles. The Morgan fingerprint density at radius 2 is 2.05 bits per heavy atom. The molecule has 20 heavy (non-hydrogen) atoms. The van der Waals surface area contributed by atoms with E-state index in [1.807, 2.05) is 0 Å². The van der Waals surface area contributed by atoms with Gasteiger partial charge in [-0.1, -0.05) is 18.2 Å². The van der Waals surface area contributed by atoms with Crippen LogP contribution in [-0.2, 0) is 13.2 Å². The minimum absolute atomic E-state index is 0.0631. The second kappa shape index (κ2) is 6.16. The third-order valence-corrected chi connectivity index (χ3v) is 2.84. The van der Waals surface area contributed by atoms with Gasteiger partial charge in [-0.2, -0.15) is 0 Å². The number of hydrogen-bond acceptors (Lipinski definition) is 3. The molecule has 0 unspecified atom stereocenters. The average molecular weight is 274 g/mol. The predicted octanol–water partition coefficient (Wildman–Crippen LogP) is 2.18. The molecule has 0 saturated carbocycles. The van der Waals surface area contributed by atoms with Crippen LogP contribution in [0.2, 0.25) is 0 Å². The number of nitrogens with two attached hydrogens (primary N) is 1. The Kier molecular flexibility index (Phi) is 4.32. The number of aliphatic hydroxyl groups excluding tert-OH is 1. The first-order valence-electron chi connectivity index (χ1n) is 6.05. The number of rotatable bonds is 5. The first kappa shape index (κ1) is 14.0. The van der Waals surface area contributed by atoms with Crippen LogP contribution < -0.4 is 10.5 Å². The van der Waals surface area contributed by atoms with Gasteiger partial charge < -0.3 is 15.6 Å². The highest BCUT2D eigenvalue weighted by Crippen LogP contribution is 2.17. The summed E-state index contributed by atoms with van der Waals surface area (Å²) in [5.41, 5.74) is 7.13. The number of halogens is 1. The standard InChI is InChI=1S/C15H15FN2O2/c16-12-5-4-11(14(7-12)15(17)18)9-20-13-3-1-2-10(6-13)8-19/h1-7,19H,8-9H2,(H3,17,18). The van der Waals surface area contributed by atoms with Crippen LogP contribution in [0.25, 0.3) is 0 Å². The van der Waals surface area contributed by atoms with Gasteiger partial charge in [-0.3, -0.25) is 5.41 Å². The van der Waals surface area contributed by atoms with Gasteiger partial charge in [0, 0.05) is 11.1 Å². The Labute approximate surface area is 116 Å². The first-order chi connectivity index (χ1) is 9.60. The van der Waals surface area contributed by atoms with E-state index in [1.165, 1.54) is 12.1 Å². The van der Waals surface area contributed by atoms with Crippen LogP contribution in [0.3, 0.4) is 0 Å². The molecule has 0 aliphatic rings. The fourth-order valence-electron chi connectivity index (χ4n) is 1.82. The summed E-state index contributed by atoms with van der Waals surface area (Å²) in [6, 6.07) is 11.1. The molecule has 0 atom stereocenters. The van der Waals surface area contributed by atoms with Gasteiger partial charge in [-0.25, -0.2) is 4.39 Å². The number of aliphatic hydroxyl groups is 1. The molecule has 0 heterocycles. The Bertz CT molecular complexity index is 629. The van der Waals surface area contributed by atoms with Gasteiger partial charge in [0.1, 0.15) is 24.0 Å². The van der Waals surface area contributed by atoms with Gasteiger partial charge in [-0.15, -0.1) is 0 Å². The number of hydrogen-bond donors (Lipinski definition) is 3. The van der Waals surface area contributed by atoms with Crippen molar-refractivity contribution < 1.29 is 14.2 Å². The van der Waals surface area contributed by atoms with E-state index >= 15 is 0 Å². The van der Waals surface area contributed by atoms with Gasteiger partial charge in [0.25, 0.3) is 0 Å². The van der Waals surface area contributed by atoms with E-state index in [1.54, 1.807) is 30.3 Å². The molecule has 0 radical (unpaired) electrons. The highest BCUT2D eigenvalue weighted by Gasteiger charge is 2.08. The van der Waals surface area contributed by atoms with Gasteiger partial charge in [0.05, 0.1) is 6.61 Å². The van der Waals surface area contributed by atoms with Crippen LogP contribution in [0.5, 0.6) is 5.75 Å². The lowest BCUT2D eigenvalue weighted by Gasteiger charge is -2.11. The molecule has 0 aliphatic heterocycles. The maximum atomic E-state index is 13.1. The molecule has 5 heteroatoms. The highest BCUT2D eigenvalue weighted by atomic mass is 19.1. The normalized spacial score (nSPS) is 10.3. The fraction of sp³-hybridized carbons (Fsp3) is 0.133. The number of benzene rings is 2. The van der Waals surface area contributed by atoms with E-state index in [0.29, 0.717) is 16.9 Å². The van der Waals surface area contributed by atoms with E-state index in [0.717, 1.165) is 5.56 Å². The second-order valence-electron chi connectivity index (χ2n) is 4.31. The van der Waals surface area contributed by atoms with E-state index in [4.69, 9.17) is 21.0 Å². The summed E-state index contributed by atoms with van der Waals surface area (Å²) in [4.78, 5) is 0. The van der Waals surface area contributed by atoms with Crippen LogP contribution in [0.15, 0.2) is 42.5 Å². The number of nitrogens with one attached hydrogen (secondary N) is 1. The molecule has 4 nitrogen and oxygen atoms in total. The third kappa shape index (κ3) is 3.33. The van der Waals surface area contributed by atoms with Crippen LogP contribution >= 0.6 is 0 Å². The smallest absolute Gasteiger partial charge is 0.123 e. The maximum absolute atomic E-state index is 13.1. The molecule has 0 bridgehead atoms. The molecule has 2 rings (SSSR count). The van der Waals surface area contributed by atoms with Crippen LogP contribution in [0.1, 0.15) is 16.7 Å². The van der Waals surface area contributed by atoms with Crippen molar-refractivity contribution in [3.8, 4) is 5.75 Å². The van der Waals surface area contributed by atoms with Crippen molar-refractivity contribution in [1.29, 1.82) is 5.41 Å². The zero-order valence-electron chi connectivity index (χ0n) is 10.8. The van der Waals surface area contributed by atoms with Crippen molar-refractivity contribution in [2.75, 3.05) is 0 Å². The van der Waals surface area contributed by atoms with E-state index in [9.17, 15) is 4.39 Å². The quantitative estimate of drug-likeness (QED) is 0.577. The van der Waals surface area contributed by atoms with Crippen molar-refractivity contribution in [2.45, 2.75) is 13.2 Å². The molecular weight excluding hydrogens is 259 g/mol. The molecule has 0 aromatic heterocycles. The molecular formula is C15H15FN2O2. The molecule has 104 valence electrons. The topological polar surface area (TPSA) is 79.3 Å². The lowest BCUT2D eigenvalue weighted by Crippen LogP contribution is -2.15. The summed E-state index contributed by atoms with van der Waals surface area (Å²) in [5, 5.41) is 16.5.